The summed E-state index contributed by atoms with van der Waals surface area (Å²) in [5, 5.41) is 5.78. The van der Waals surface area contributed by atoms with Crippen molar-refractivity contribution in [2.24, 2.45) is 0 Å². The largest absolute Gasteiger partial charge is 0.338 e. The number of nitrogens with zero attached hydrogens (tertiary/aromatic N) is 4. The Hall–Kier alpha value is -3.21. The van der Waals surface area contributed by atoms with Crippen molar-refractivity contribution in [2.75, 3.05) is 6.54 Å². The Morgan fingerprint density at radius 1 is 1.03 bits per heavy atom. The number of aromatic nitrogens is 3. The first-order valence-corrected chi connectivity index (χ1v) is 10.2. The monoisotopic (exact) mass is 384 g/mol. The first kappa shape index (κ1) is 17.9. The summed E-state index contributed by atoms with van der Waals surface area (Å²) in [4.78, 5) is 19.7. The molecule has 0 saturated carbocycles. The van der Waals surface area contributed by atoms with Gasteiger partial charge in [-0.3, -0.25) is 4.79 Å². The summed E-state index contributed by atoms with van der Waals surface area (Å²) < 4.78 is 1.93. The lowest BCUT2D eigenvalue weighted by atomic mass is 9.99. The first-order valence-electron chi connectivity index (χ1n) is 10.2. The van der Waals surface area contributed by atoms with Crippen molar-refractivity contribution < 1.29 is 4.79 Å². The molecule has 5 nitrogen and oxygen atoms in total. The number of carbonyl (C=O) groups is 1. The second kappa shape index (κ2) is 6.99. The zero-order valence-corrected chi connectivity index (χ0v) is 16.9. The van der Waals surface area contributed by atoms with Gasteiger partial charge >= 0.3 is 0 Å². The molecule has 0 bridgehead atoms. The summed E-state index contributed by atoms with van der Waals surface area (Å²) in [7, 11) is 0. The molecule has 0 atom stereocenters. The Bertz CT molecular complexity index is 1240. The molecular weight excluding hydrogens is 360 g/mol. The van der Waals surface area contributed by atoms with Gasteiger partial charge in [0.15, 0.2) is 5.65 Å². The SMILES string of the molecule is Cc1nc2c3ccccc3nn2c(C)c1CCC(=O)N1CCc2ccccc2C1. The van der Waals surface area contributed by atoms with Gasteiger partial charge in [-0.05, 0) is 55.5 Å². The lowest BCUT2D eigenvalue weighted by molar-refractivity contribution is -0.132. The Balaban J connectivity index is 1.38. The lowest BCUT2D eigenvalue weighted by Crippen LogP contribution is -2.36. The maximum absolute atomic E-state index is 12.9. The van der Waals surface area contributed by atoms with Gasteiger partial charge in [0.2, 0.25) is 5.91 Å². The van der Waals surface area contributed by atoms with Gasteiger partial charge < -0.3 is 4.90 Å². The van der Waals surface area contributed by atoms with Crippen molar-refractivity contribution in [1.29, 1.82) is 0 Å². The van der Waals surface area contributed by atoms with Crippen LogP contribution in [0.3, 0.4) is 0 Å². The molecular formula is C24H24N4O. The fourth-order valence-electron chi connectivity index (χ4n) is 4.44. The summed E-state index contributed by atoms with van der Waals surface area (Å²) in [6.07, 6.45) is 2.12. The van der Waals surface area contributed by atoms with Gasteiger partial charge in [0, 0.05) is 36.3 Å². The van der Waals surface area contributed by atoms with Crippen LogP contribution in [0.5, 0.6) is 0 Å². The highest BCUT2D eigenvalue weighted by molar-refractivity contribution is 5.92. The highest BCUT2D eigenvalue weighted by Crippen LogP contribution is 2.24. The van der Waals surface area contributed by atoms with E-state index in [9.17, 15) is 4.79 Å². The van der Waals surface area contributed by atoms with Crippen LogP contribution in [0, 0.1) is 13.8 Å². The minimum Gasteiger partial charge on any atom is -0.338 e. The van der Waals surface area contributed by atoms with E-state index >= 15 is 0 Å². The van der Waals surface area contributed by atoms with Crippen LogP contribution >= 0.6 is 0 Å². The molecule has 2 aromatic heterocycles. The maximum atomic E-state index is 12.9. The second-order valence-corrected chi connectivity index (χ2v) is 7.85. The number of hydrogen-bond acceptors (Lipinski definition) is 3. The van der Waals surface area contributed by atoms with Crippen LogP contribution in [0.2, 0.25) is 0 Å². The molecule has 0 fully saturated rings. The van der Waals surface area contributed by atoms with Crippen LogP contribution in [0.25, 0.3) is 16.6 Å². The minimum absolute atomic E-state index is 0.212. The molecule has 0 spiro atoms. The molecule has 29 heavy (non-hydrogen) atoms. The number of carbonyl (C=O) groups excluding carboxylic acids is 1. The van der Waals surface area contributed by atoms with Crippen molar-refractivity contribution in [2.45, 2.75) is 39.7 Å². The standard InChI is InChI=1S/C24H24N4O/c1-16-20(17(2)28-24(25-16)21-9-5-6-10-22(21)26-28)11-12-23(29)27-14-13-18-7-3-4-8-19(18)15-27/h3-10H,11-15H2,1-2H3. The molecule has 3 heterocycles. The van der Waals surface area contributed by atoms with Crippen LogP contribution < -0.4 is 0 Å². The van der Waals surface area contributed by atoms with Crippen LogP contribution in [0.1, 0.15) is 34.5 Å². The first-order chi connectivity index (χ1) is 14.1. The topological polar surface area (TPSA) is 50.5 Å². The van der Waals surface area contributed by atoms with E-state index in [1.165, 1.54) is 11.1 Å². The number of rotatable bonds is 3. The van der Waals surface area contributed by atoms with Gasteiger partial charge in [-0.25, -0.2) is 9.50 Å². The zero-order valence-electron chi connectivity index (χ0n) is 16.9. The van der Waals surface area contributed by atoms with Gasteiger partial charge in [0.05, 0.1) is 5.52 Å². The molecule has 1 aliphatic heterocycles. The van der Waals surface area contributed by atoms with Crippen molar-refractivity contribution >= 4 is 22.5 Å². The van der Waals surface area contributed by atoms with Crippen molar-refractivity contribution in [3.05, 3.63) is 76.6 Å². The third kappa shape index (κ3) is 3.07. The molecule has 1 aliphatic rings. The van der Waals surface area contributed by atoms with Crippen molar-refractivity contribution in [3.63, 3.8) is 0 Å². The van der Waals surface area contributed by atoms with Crippen LogP contribution in [-0.2, 0) is 24.2 Å². The highest BCUT2D eigenvalue weighted by Gasteiger charge is 2.21. The average Bonchev–Trinajstić information content (AvgIpc) is 3.12. The Labute approximate surface area is 170 Å². The molecule has 5 rings (SSSR count). The van der Waals surface area contributed by atoms with E-state index in [-0.39, 0.29) is 5.91 Å². The van der Waals surface area contributed by atoms with E-state index in [4.69, 9.17) is 10.1 Å². The van der Waals surface area contributed by atoms with Gasteiger partial charge in [-0.1, -0.05) is 36.4 Å². The van der Waals surface area contributed by atoms with Gasteiger partial charge in [0.1, 0.15) is 0 Å². The van der Waals surface area contributed by atoms with Gasteiger partial charge in [-0.2, -0.15) is 5.10 Å². The number of hydrogen-bond donors (Lipinski definition) is 0. The molecule has 2 aromatic carbocycles. The summed E-state index contributed by atoms with van der Waals surface area (Å²) in [6.45, 7) is 5.63. The van der Waals surface area contributed by atoms with Crippen LogP contribution in [0.4, 0.5) is 0 Å². The molecule has 0 saturated heterocycles. The smallest absolute Gasteiger partial charge is 0.223 e. The molecule has 0 unspecified atom stereocenters. The lowest BCUT2D eigenvalue weighted by Gasteiger charge is -2.29. The summed E-state index contributed by atoms with van der Waals surface area (Å²) in [5.41, 5.74) is 7.64. The van der Waals surface area contributed by atoms with Crippen molar-refractivity contribution in [1.82, 2.24) is 19.5 Å². The maximum Gasteiger partial charge on any atom is 0.223 e. The summed E-state index contributed by atoms with van der Waals surface area (Å²) in [6, 6.07) is 16.5. The number of fused-ring (bicyclic) bond motifs is 4. The fraction of sp³-hybridized carbons (Fsp3) is 0.292. The number of amides is 1. The third-order valence-corrected chi connectivity index (χ3v) is 6.09. The Morgan fingerprint density at radius 2 is 1.79 bits per heavy atom. The summed E-state index contributed by atoms with van der Waals surface area (Å²) >= 11 is 0. The molecule has 0 radical (unpaired) electrons. The van der Waals surface area contributed by atoms with E-state index in [0.717, 1.165) is 53.0 Å². The van der Waals surface area contributed by atoms with E-state index in [1.54, 1.807) is 0 Å². The molecule has 1 amide bonds. The van der Waals surface area contributed by atoms with E-state index in [1.807, 2.05) is 34.5 Å². The number of aryl methyl sites for hydroxylation is 2. The van der Waals surface area contributed by atoms with Crippen LogP contribution in [0.15, 0.2) is 48.5 Å². The molecule has 0 N–H and O–H groups in total. The average molecular weight is 384 g/mol. The second-order valence-electron chi connectivity index (χ2n) is 7.85. The summed E-state index contributed by atoms with van der Waals surface area (Å²) in [5.74, 6) is 0.212. The van der Waals surface area contributed by atoms with E-state index in [2.05, 4.69) is 37.3 Å². The number of benzene rings is 2. The molecule has 5 heteroatoms. The quantitative estimate of drug-likeness (QED) is 0.536. The predicted molar refractivity (Wildman–Crippen MR) is 114 cm³/mol. The normalized spacial score (nSPS) is 13.8. The van der Waals surface area contributed by atoms with E-state index < -0.39 is 0 Å². The van der Waals surface area contributed by atoms with E-state index in [0.29, 0.717) is 12.8 Å². The predicted octanol–water partition coefficient (Wildman–Crippen LogP) is 4.02. The third-order valence-electron chi connectivity index (χ3n) is 6.09. The van der Waals surface area contributed by atoms with Crippen LogP contribution in [-0.4, -0.2) is 31.9 Å². The zero-order chi connectivity index (χ0) is 20.0. The molecule has 4 aromatic rings. The Morgan fingerprint density at radius 3 is 2.66 bits per heavy atom. The minimum atomic E-state index is 0.212. The highest BCUT2D eigenvalue weighted by atomic mass is 16.2. The fourth-order valence-corrected chi connectivity index (χ4v) is 4.44. The molecule has 146 valence electrons. The molecule has 0 aliphatic carbocycles. The van der Waals surface area contributed by atoms with Gasteiger partial charge in [0.25, 0.3) is 0 Å². The van der Waals surface area contributed by atoms with Crippen molar-refractivity contribution in [3.8, 4) is 0 Å². The van der Waals surface area contributed by atoms with Gasteiger partial charge in [-0.15, -0.1) is 0 Å². The Kier molecular flexibility index (Phi) is 4.31.